The van der Waals surface area contributed by atoms with Crippen LogP contribution >= 0.6 is 0 Å². The van der Waals surface area contributed by atoms with Crippen molar-refractivity contribution >= 4 is 0 Å². The van der Waals surface area contributed by atoms with Crippen LogP contribution in [0.2, 0.25) is 0 Å². The van der Waals surface area contributed by atoms with Gasteiger partial charge in [0, 0.05) is 0 Å². The number of aliphatic hydroxyl groups is 4. The first-order chi connectivity index (χ1) is 8.61. The van der Waals surface area contributed by atoms with Gasteiger partial charge >= 0.3 is 0 Å². The third-order valence-corrected chi connectivity index (χ3v) is 2.61. The molecule has 1 fully saturated rings. The van der Waals surface area contributed by atoms with Crippen LogP contribution in [0.5, 0.6) is 0 Å². The standard InChI is InChI=1S/C11H20O7/c1-2-3-16-4-5-17-10-8(13)7(6-12)18-11(15)9(10)14/h2,7-15H,1,3-6H2/t7-,8-,9-,10+,11?/m1/s1. The fourth-order valence-corrected chi connectivity index (χ4v) is 1.67. The zero-order valence-electron chi connectivity index (χ0n) is 10.0. The van der Waals surface area contributed by atoms with Gasteiger partial charge in [0.15, 0.2) is 6.29 Å². The molecule has 7 nitrogen and oxygen atoms in total. The summed E-state index contributed by atoms with van der Waals surface area (Å²) in [5.41, 5.74) is 0. The summed E-state index contributed by atoms with van der Waals surface area (Å²) in [6, 6.07) is 0. The van der Waals surface area contributed by atoms with Crippen LogP contribution in [-0.2, 0) is 14.2 Å². The Morgan fingerprint density at radius 2 is 1.89 bits per heavy atom. The van der Waals surface area contributed by atoms with E-state index in [1.165, 1.54) is 0 Å². The molecule has 0 aromatic rings. The molecule has 1 unspecified atom stereocenters. The highest BCUT2D eigenvalue weighted by molar-refractivity contribution is 4.89. The van der Waals surface area contributed by atoms with Crippen molar-refractivity contribution in [1.29, 1.82) is 0 Å². The predicted molar refractivity (Wildman–Crippen MR) is 60.7 cm³/mol. The average Bonchev–Trinajstić information content (AvgIpc) is 2.37. The van der Waals surface area contributed by atoms with Crippen molar-refractivity contribution in [3.05, 3.63) is 12.7 Å². The van der Waals surface area contributed by atoms with Crippen LogP contribution in [0.4, 0.5) is 0 Å². The maximum Gasteiger partial charge on any atom is 0.184 e. The van der Waals surface area contributed by atoms with E-state index in [0.29, 0.717) is 6.61 Å². The molecule has 1 rings (SSSR count). The second kappa shape index (κ2) is 7.80. The first kappa shape index (κ1) is 15.5. The van der Waals surface area contributed by atoms with Crippen LogP contribution in [-0.4, -0.2) is 77.6 Å². The topological polar surface area (TPSA) is 109 Å². The molecule has 1 aliphatic heterocycles. The Balaban J connectivity index is 2.41. The van der Waals surface area contributed by atoms with Crippen LogP contribution in [0.25, 0.3) is 0 Å². The van der Waals surface area contributed by atoms with E-state index in [2.05, 4.69) is 6.58 Å². The van der Waals surface area contributed by atoms with Crippen molar-refractivity contribution in [2.45, 2.75) is 30.7 Å². The lowest BCUT2D eigenvalue weighted by Crippen LogP contribution is -2.59. The number of hydrogen-bond acceptors (Lipinski definition) is 7. The Bertz CT molecular complexity index is 248. The highest BCUT2D eigenvalue weighted by atomic mass is 16.6. The van der Waals surface area contributed by atoms with Gasteiger partial charge in [0.25, 0.3) is 0 Å². The van der Waals surface area contributed by atoms with Crippen molar-refractivity contribution in [3.8, 4) is 0 Å². The van der Waals surface area contributed by atoms with E-state index in [1.54, 1.807) is 6.08 Å². The van der Waals surface area contributed by atoms with Gasteiger partial charge in [-0.3, -0.25) is 0 Å². The lowest BCUT2D eigenvalue weighted by atomic mass is 9.99. The molecule has 1 saturated heterocycles. The molecule has 1 heterocycles. The molecular formula is C11H20O7. The summed E-state index contributed by atoms with van der Waals surface area (Å²) in [5, 5.41) is 37.8. The van der Waals surface area contributed by atoms with Gasteiger partial charge in [0.1, 0.15) is 24.4 Å². The van der Waals surface area contributed by atoms with Gasteiger partial charge in [0.2, 0.25) is 0 Å². The molecule has 4 N–H and O–H groups in total. The minimum atomic E-state index is -1.50. The molecular weight excluding hydrogens is 244 g/mol. The molecule has 1 aliphatic rings. The molecule has 0 aromatic heterocycles. The molecule has 0 radical (unpaired) electrons. The Morgan fingerprint density at radius 1 is 1.17 bits per heavy atom. The Labute approximate surface area is 105 Å². The number of hydrogen-bond donors (Lipinski definition) is 4. The van der Waals surface area contributed by atoms with Crippen molar-refractivity contribution in [2.24, 2.45) is 0 Å². The van der Waals surface area contributed by atoms with Crippen molar-refractivity contribution in [1.82, 2.24) is 0 Å². The summed E-state index contributed by atoms with van der Waals surface area (Å²) in [5.74, 6) is 0. The minimum absolute atomic E-state index is 0.136. The molecule has 0 aliphatic carbocycles. The second-order valence-electron chi connectivity index (χ2n) is 3.93. The summed E-state index contributed by atoms with van der Waals surface area (Å²) in [7, 11) is 0. The van der Waals surface area contributed by atoms with Gasteiger partial charge in [-0.2, -0.15) is 0 Å². The fourth-order valence-electron chi connectivity index (χ4n) is 1.67. The molecule has 5 atom stereocenters. The van der Waals surface area contributed by atoms with E-state index in [-0.39, 0.29) is 13.2 Å². The molecule has 0 aromatic carbocycles. The van der Waals surface area contributed by atoms with Crippen LogP contribution in [0.1, 0.15) is 0 Å². The number of ether oxygens (including phenoxy) is 3. The van der Waals surface area contributed by atoms with Crippen molar-refractivity contribution in [2.75, 3.05) is 26.4 Å². The fraction of sp³-hybridized carbons (Fsp3) is 0.818. The predicted octanol–water partition coefficient (Wildman–Crippen LogP) is -1.99. The third-order valence-electron chi connectivity index (χ3n) is 2.61. The van der Waals surface area contributed by atoms with E-state index in [9.17, 15) is 15.3 Å². The molecule has 0 amide bonds. The molecule has 0 spiro atoms. The quantitative estimate of drug-likeness (QED) is 0.311. The molecule has 106 valence electrons. The van der Waals surface area contributed by atoms with Crippen LogP contribution < -0.4 is 0 Å². The smallest absolute Gasteiger partial charge is 0.184 e. The average molecular weight is 264 g/mol. The summed E-state index contributed by atoms with van der Waals surface area (Å²) in [6.07, 6.45) is -4.51. The molecule has 0 bridgehead atoms. The summed E-state index contributed by atoms with van der Waals surface area (Å²) >= 11 is 0. The Morgan fingerprint density at radius 3 is 2.50 bits per heavy atom. The maximum atomic E-state index is 9.78. The first-order valence-electron chi connectivity index (χ1n) is 5.72. The number of aliphatic hydroxyl groups excluding tert-OH is 4. The van der Waals surface area contributed by atoms with Gasteiger partial charge in [-0.1, -0.05) is 6.08 Å². The van der Waals surface area contributed by atoms with Crippen molar-refractivity contribution in [3.63, 3.8) is 0 Å². The third kappa shape index (κ3) is 3.99. The van der Waals surface area contributed by atoms with Gasteiger partial charge in [-0.05, 0) is 0 Å². The second-order valence-corrected chi connectivity index (χ2v) is 3.93. The van der Waals surface area contributed by atoms with Crippen LogP contribution in [0, 0.1) is 0 Å². The zero-order valence-corrected chi connectivity index (χ0v) is 10.0. The monoisotopic (exact) mass is 264 g/mol. The van der Waals surface area contributed by atoms with E-state index >= 15 is 0 Å². The lowest BCUT2D eigenvalue weighted by molar-refractivity contribution is -0.295. The Kier molecular flexibility index (Phi) is 6.72. The van der Waals surface area contributed by atoms with Crippen molar-refractivity contribution < 1.29 is 34.6 Å². The number of rotatable bonds is 7. The highest BCUT2D eigenvalue weighted by Crippen LogP contribution is 2.22. The SMILES string of the molecule is C=CCOCCO[C@H]1[C@H](O)[C@@H](CO)OC(O)[C@@H]1O. The van der Waals surface area contributed by atoms with E-state index in [0.717, 1.165) is 0 Å². The highest BCUT2D eigenvalue weighted by Gasteiger charge is 2.44. The van der Waals surface area contributed by atoms with Gasteiger partial charge in [-0.15, -0.1) is 6.58 Å². The summed E-state index contributed by atoms with van der Waals surface area (Å²) in [6.45, 7) is 3.79. The molecule has 18 heavy (non-hydrogen) atoms. The Hall–Kier alpha value is -0.540. The normalized spacial score (nSPS) is 36.6. The van der Waals surface area contributed by atoms with Crippen LogP contribution in [0.15, 0.2) is 12.7 Å². The first-order valence-corrected chi connectivity index (χ1v) is 5.72. The van der Waals surface area contributed by atoms with Crippen LogP contribution in [0.3, 0.4) is 0 Å². The van der Waals surface area contributed by atoms with E-state index in [1.807, 2.05) is 0 Å². The zero-order chi connectivity index (χ0) is 13.5. The minimum Gasteiger partial charge on any atom is -0.394 e. The molecule has 7 heteroatoms. The van der Waals surface area contributed by atoms with Gasteiger partial charge in [-0.25, -0.2) is 0 Å². The summed E-state index contributed by atoms with van der Waals surface area (Å²) in [4.78, 5) is 0. The van der Waals surface area contributed by atoms with E-state index in [4.69, 9.17) is 19.3 Å². The lowest BCUT2D eigenvalue weighted by Gasteiger charge is -2.39. The maximum absolute atomic E-state index is 9.78. The summed E-state index contributed by atoms with van der Waals surface area (Å²) < 4.78 is 15.1. The van der Waals surface area contributed by atoms with E-state index < -0.39 is 37.3 Å². The molecule has 0 saturated carbocycles. The van der Waals surface area contributed by atoms with Gasteiger partial charge < -0.3 is 34.6 Å². The largest absolute Gasteiger partial charge is 0.394 e. The van der Waals surface area contributed by atoms with Gasteiger partial charge in [0.05, 0.1) is 26.4 Å².